The summed E-state index contributed by atoms with van der Waals surface area (Å²) in [5.41, 5.74) is 3.71. The van der Waals surface area contributed by atoms with E-state index in [0.29, 0.717) is 13.1 Å². The van der Waals surface area contributed by atoms with Gasteiger partial charge in [-0.3, -0.25) is 4.57 Å². The molecule has 0 bridgehead atoms. The van der Waals surface area contributed by atoms with Gasteiger partial charge in [-0.15, -0.1) is 11.3 Å². The number of hydrogen-bond donors (Lipinski definition) is 1. The van der Waals surface area contributed by atoms with Gasteiger partial charge in [-0.25, -0.2) is 19.7 Å². The van der Waals surface area contributed by atoms with E-state index in [-0.39, 0.29) is 6.03 Å². The summed E-state index contributed by atoms with van der Waals surface area (Å²) < 4.78 is 1.83. The van der Waals surface area contributed by atoms with Crippen LogP contribution in [0.15, 0.2) is 42.6 Å². The smallest absolute Gasteiger partial charge is 0.317 e. The quantitative estimate of drug-likeness (QED) is 0.772. The third kappa shape index (κ3) is 3.77. The van der Waals surface area contributed by atoms with Crippen LogP contribution in [-0.2, 0) is 13.1 Å². The number of aromatic nitrogens is 4. The van der Waals surface area contributed by atoms with Crippen LogP contribution in [0.2, 0.25) is 0 Å². The Balaban J connectivity index is 1.53. The minimum absolute atomic E-state index is 0.124. The van der Waals surface area contributed by atoms with Gasteiger partial charge in [-0.2, -0.15) is 0 Å². The average Bonchev–Trinajstić information content (AvgIpc) is 3.26. The highest BCUT2D eigenvalue weighted by Crippen LogP contribution is 2.14. The Morgan fingerprint density at radius 3 is 2.88 bits per heavy atom. The number of pyridine rings is 1. The number of nitrogens with one attached hydrogen (secondary N) is 1. The second-order valence-corrected chi connectivity index (χ2v) is 6.31. The standard InChI is InChI=1S/C16H18N6OS/c1-12-14(24-11-20-12)9-21(2)16(23)19-8-13-3-4-15(18-7-13)22-6-5-17-10-22/h3-7,10-11H,8-9H2,1-2H3,(H,19,23). The molecular weight excluding hydrogens is 324 g/mol. The normalized spacial score (nSPS) is 10.6. The summed E-state index contributed by atoms with van der Waals surface area (Å²) in [5.74, 6) is 0.792. The predicted molar refractivity (Wildman–Crippen MR) is 91.9 cm³/mol. The molecule has 0 aromatic carbocycles. The van der Waals surface area contributed by atoms with Crippen LogP contribution in [-0.4, -0.2) is 37.5 Å². The number of aryl methyl sites for hydroxylation is 1. The number of nitrogens with zero attached hydrogens (tertiary/aromatic N) is 5. The number of carbonyl (C=O) groups is 1. The van der Waals surface area contributed by atoms with Crippen molar-refractivity contribution in [2.75, 3.05) is 7.05 Å². The van der Waals surface area contributed by atoms with Crippen molar-refractivity contribution >= 4 is 17.4 Å². The molecule has 0 atom stereocenters. The number of carbonyl (C=O) groups excluding carboxylic acids is 1. The SMILES string of the molecule is Cc1ncsc1CN(C)C(=O)NCc1ccc(-n2ccnc2)nc1. The largest absolute Gasteiger partial charge is 0.334 e. The van der Waals surface area contributed by atoms with Gasteiger partial charge in [0, 0.05) is 37.1 Å². The van der Waals surface area contributed by atoms with Gasteiger partial charge in [-0.05, 0) is 18.6 Å². The van der Waals surface area contributed by atoms with E-state index >= 15 is 0 Å². The summed E-state index contributed by atoms with van der Waals surface area (Å²) >= 11 is 1.56. The lowest BCUT2D eigenvalue weighted by atomic mass is 10.3. The summed E-state index contributed by atoms with van der Waals surface area (Å²) in [6.07, 6.45) is 6.99. The lowest BCUT2D eigenvalue weighted by Crippen LogP contribution is -2.36. The molecule has 24 heavy (non-hydrogen) atoms. The molecule has 0 radical (unpaired) electrons. The fraction of sp³-hybridized carbons (Fsp3) is 0.250. The minimum Gasteiger partial charge on any atom is -0.334 e. The van der Waals surface area contributed by atoms with Gasteiger partial charge in [-0.1, -0.05) is 6.07 Å². The van der Waals surface area contributed by atoms with Crippen molar-refractivity contribution < 1.29 is 4.79 Å². The Hall–Kier alpha value is -2.74. The molecule has 3 heterocycles. The molecule has 3 rings (SSSR count). The van der Waals surface area contributed by atoms with Crippen LogP contribution in [0.25, 0.3) is 5.82 Å². The summed E-state index contributed by atoms with van der Waals surface area (Å²) in [5, 5.41) is 2.90. The van der Waals surface area contributed by atoms with Crippen LogP contribution < -0.4 is 5.32 Å². The molecule has 0 fully saturated rings. The van der Waals surface area contributed by atoms with E-state index in [1.54, 1.807) is 47.5 Å². The molecule has 8 heteroatoms. The van der Waals surface area contributed by atoms with Crippen LogP contribution in [0.5, 0.6) is 0 Å². The molecule has 0 unspecified atom stereocenters. The van der Waals surface area contributed by atoms with E-state index in [1.807, 2.05) is 29.8 Å². The molecule has 124 valence electrons. The van der Waals surface area contributed by atoms with E-state index in [1.165, 1.54) is 0 Å². The summed E-state index contributed by atoms with van der Waals surface area (Å²) in [4.78, 5) is 27.5. The maximum absolute atomic E-state index is 12.2. The molecule has 7 nitrogen and oxygen atoms in total. The summed E-state index contributed by atoms with van der Waals surface area (Å²) in [6.45, 7) is 2.94. The second kappa shape index (κ2) is 7.22. The van der Waals surface area contributed by atoms with Gasteiger partial charge >= 0.3 is 6.03 Å². The number of rotatable bonds is 5. The number of hydrogen-bond acceptors (Lipinski definition) is 5. The van der Waals surface area contributed by atoms with E-state index in [4.69, 9.17) is 0 Å². The molecule has 0 spiro atoms. The lowest BCUT2D eigenvalue weighted by molar-refractivity contribution is 0.206. The minimum atomic E-state index is -0.124. The number of urea groups is 1. The molecule has 0 aliphatic carbocycles. The van der Waals surface area contributed by atoms with Gasteiger partial charge in [0.1, 0.15) is 12.1 Å². The molecule has 0 saturated heterocycles. The number of imidazole rings is 1. The summed E-state index contributed by atoms with van der Waals surface area (Å²) in [6, 6.07) is 3.71. The fourth-order valence-electron chi connectivity index (χ4n) is 2.15. The maximum atomic E-state index is 12.2. The first-order chi connectivity index (χ1) is 11.6. The van der Waals surface area contributed by atoms with Crippen LogP contribution in [0.4, 0.5) is 4.79 Å². The molecular formula is C16H18N6OS. The predicted octanol–water partition coefficient (Wildman–Crippen LogP) is 2.37. The van der Waals surface area contributed by atoms with Crippen LogP contribution >= 0.6 is 11.3 Å². The van der Waals surface area contributed by atoms with Gasteiger partial charge in [0.05, 0.1) is 17.7 Å². The number of amides is 2. The van der Waals surface area contributed by atoms with E-state index in [9.17, 15) is 4.79 Å². The highest BCUT2D eigenvalue weighted by Gasteiger charge is 2.11. The molecule has 3 aromatic rings. The topological polar surface area (TPSA) is 75.9 Å². The molecule has 0 aliphatic heterocycles. The molecule has 2 amide bonds. The Morgan fingerprint density at radius 1 is 1.38 bits per heavy atom. The third-order valence-electron chi connectivity index (χ3n) is 3.59. The van der Waals surface area contributed by atoms with Crippen molar-refractivity contribution in [2.45, 2.75) is 20.0 Å². The van der Waals surface area contributed by atoms with Crippen molar-refractivity contribution in [3.63, 3.8) is 0 Å². The Bertz CT molecular complexity index is 796. The van der Waals surface area contributed by atoms with Crippen LogP contribution in [0.3, 0.4) is 0 Å². The van der Waals surface area contributed by atoms with Gasteiger partial charge < -0.3 is 10.2 Å². The Labute approximate surface area is 144 Å². The highest BCUT2D eigenvalue weighted by molar-refractivity contribution is 7.09. The first-order valence-electron chi connectivity index (χ1n) is 7.44. The molecule has 1 N–H and O–H groups in total. The summed E-state index contributed by atoms with van der Waals surface area (Å²) in [7, 11) is 1.77. The first kappa shape index (κ1) is 16.1. The molecule has 0 aliphatic rings. The average molecular weight is 342 g/mol. The van der Waals surface area contributed by atoms with Crippen molar-refractivity contribution in [1.82, 2.24) is 29.7 Å². The van der Waals surface area contributed by atoms with Gasteiger partial charge in [0.15, 0.2) is 0 Å². The first-order valence-corrected chi connectivity index (χ1v) is 8.32. The zero-order valence-electron chi connectivity index (χ0n) is 13.5. The Kier molecular flexibility index (Phi) is 4.85. The Morgan fingerprint density at radius 2 is 2.25 bits per heavy atom. The van der Waals surface area contributed by atoms with Crippen molar-refractivity contribution in [3.05, 3.63) is 58.7 Å². The van der Waals surface area contributed by atoms with Crippen LogP contribution in [0.1, 0.15) is 16.1 Å². The number of thiazole rings is 1. The van der Waals surface area contributed by atoms with Gasteiger partial charge in [0.2, 0.25) is 0 Å². The molecule has 3 aromatic heterocycles. The molecule has 0 saturated carbocycles. The second-order valence-electron chi connectivity index (χ2n) is 5.37. The highest BCUT2D eigenvalue weighted by atomic mass is 32.1. The van der Waals surface area contributed by atoms with Crippen LogP contribution in [0, 0.1) is 6.92 Å². The maximum Gasteiger partial charge on any atom is 0.317 e. The van der Waals surface area contributed by atoms with E-state index in [0.717, 1.165) is 22.0 Å². The van der Waals surface area contributed by atoms with E-state index < -0.39 is 0 Å². The zero-order chi connectivity index (χ0) is 16.9. The van der Waals surface area contributed by atoms with E-state index in [2.05, 4.69) is 20.3 Å². The monoisotopic (exact) mass is 342 g/mol. The van der Waals surface area contributed by atoms with Crippen molar-refractivity contribution in [2.24, 2.45) is 0 Å². The third-order valence-corrected chi connectivity index (χ3v) is 4.51. The van der Waals surface area contributed by atoms with Gasteiger partial charge in [0.25, 0.3) is 0 Å². The lowest BCUT2D eigenvalue weighted by Gasteiger charge is -2.17. The van der Waals surface area contributed by atoms with Crippen molar-refractivity contribution in [3.8, 4) is 5.82 Å². The fourth-order valence-corrected chi connectivity index (χ4v) is 2.98. The zero-order valence-corrected chi connectivity index (χ0v) is 14.3. The van der Waals surface area contributed by atoms with Crippen molar-refractivity contribution in [1.29, 1.82) is 0 Å².